The van der Waals surface area contributed by atoms with E-state index in [2.05, 4.69) is 21.2 Å². The first-order valence-corrected chi connectivity index (χ1v) is 10.2. The Morgan fingerprint density at radius 2 is 1.79 bits per heavy atom. The summed E-state index contributed by atoms with van der Waals surface area (Å²) in [5.41, 5.74) is 1.04. The van der Waals surface area contributed by atoms with E-state index in [1.165, 1.54) is 4.90 Å². The van der Waals surface area contributed by atoms with Gasteiger partial charge in [0.05, 0.1) is 5.69 Å². The molecule has 2 aromatic rings. The number of carbonyl (C=O) groups excluding carboxylic acids is 3. The third-order valence-corrected chi connectivity index (χ3v) is 5.87. The van der Waals surface area contributed by atoms with Crippen LogP contribution in [-0.2, 0) is 9.59 Å². The summed E-state index contributed by atoms with van der Waals surface area (Å²) in [6.45, 7) is 0.370. The van der Waals surface area contributed by atoms with Crippen molar-refractivity contribution in [3.05, 3.63) is 64.6 Å². The minimum absolute atomic E-state index is 0.288. The Balaban J connectivity index is 1.44. The number of amides is 4. The van der Waals surface area contributed by atoms with Crippen LogP contribution in [0.4, 0.5) is 10.5 Å². The molecule has 0 aromatic heterocycles. The smallest absolute Gasteiger partial charge is 0.332 e. The predicted molar refractivity (Wildman–Crippen MR) is 110 cm³/mol. The zero-order valence-corrected chi connectivity index (χ0v) is 17.1. The highest BCUT2D eigenvalue weighted by molar-refractivity contribution is 9.10. The van der Waals surface area contributed by atoms with Gasteiger partial charge in [-0.1, -0.05) is 46.3 Å². The van der Waals surface area contributed by atoms with Crippen LogP contribution in [0.1, 0.15) is 24.5 Å². The van der Waals surface area contributed by atoms with E-state index in [1.807, 2.05) is 6.07 Å². The lowest BCUT2D eigenvalue weighted by atomic mass is 9.97. The van der Waals surface area contributed by atoms with Crippen molar-refractivity contribution in [3.63, 3.8) is 0 Å². The predicted octanol–water partition coefficient (Wildman–Crippen LogP) is 2.60. The Bertz CT molecular complexity index is 935. The highest BCUT2D eigenvalue weighted by Gasteiger charge is 2.48. The number of carbonyl (C=O) groups is 3. The molecule has 0 saturated carbocycles. The number of fused-ring (bicyclic) bond motifs is 1. The molecule has 8 heteroatoms. The van der Waals surface area contributed by atoms with Gasteiger partial charge in [-0.3, -0.25) is 9.59 Å². The molecule has 0 bridgehead atoms. The van der Waals surface area contributed by atoms with Gasteiger partial charge in [-0.05, 0) is 42.7 Å². The second-order valence-electron chi connectivity index (χ2n) is 7.18. The first kappa shape index (κ1) is 19.6. The van der Waals surface area contributed by atoms with E-state index in [1.54, 1.807) is 53.4 Å². The maximum Gasteiger partial charge on any atom is 0.332 e. The van der Waals surface area contributed by atoms with Gasteiger partial charge >= 0.3 is 6.03 Å². The van der Waals surface area contributed by atoms with Gasteiger partial charge in [0.25, 0.3) is 11.8 Å². The van der Waals surface area contributed by atoms with E-state index in [-0.39, 0.29) is 18.0 Å². The number of hydrogen-bond donors (Lipinski definition) is 2. The lowest BCUT2D eigenvalue weighted by molar-refractivity contribution is -0.131. The number of benzene rings is 2. The van der Waals surface area contributed by atoms with Crippen LogP contribution in [0.15, 0.2) is 59.1 Å². The number of nitrogens with one attached hydrogen (secondary N) is 1. The van der Waals surface area contributed by atoms with Crippen LogP contribution >= 0.6 is 15.9 Å². The molecule has 150 valence electrons. The van der Waals surface area contributed by atoms with E-state index in [9.17, 15) is 19.5 Å². The number of hydrogen-bond acceptors (Lipinski definition) is 4. The normalized spacial score (nSPS) is 22.4. The molecular weight excluding hydrogens is 438 g/mol. The van der Waals surface area contributed by atoms with Crippen LogP contribution in [0.25, 0.3) is 0 Å². The molecule has 3 atom stereocenters. The second kappa shape index (κ2) is 7.96. The minimum atomic E-state index is -1.27. The minimum Gasteiger partial charge on any atom is -0.378 e. The molecule has 0 radical (unpaired) electrons. The van der Waals surface area contributed by atoms with Crippen molar-refractivity contribution in [2.24, 2.45) is 0 Å². The summed E-state index contributed by atoms with van der Waals surface area (Å²) < 4.78 is 0.859. The lowest BCUT2D eigenvalue weighted by Crippen LogP contribution is -2.50. The van der Waals surface area contributed by atoms with E-state index >= 15 is 0 Å². The third kappa shape index (κ3) is 3.77. The third-order valence-electron chi connectivity index (χ3n) is 5.34. The van der Waals surface area contributed by atoms with Crippen LogP contribution in [0.3, 0.4) is 0 Å². The number of nitrogens with zero attached hydrogens (tertiary/aromatic N) is 2. The maximum atomic E-state index is 12.9. The van der Waals surface area contributed by atoms with Crippen LogP contribution in [0.5, 0.6) is 0 Å². The Morgan fingerprint density at radius 1 is 1.10 bits per heavy atom. The largest absolute Gasteiger partial charge is 0.378 e. The average Bonchev–Trinajstić information content (AvgIpc) is 2.98. The van der Waals surface area contributed by atoms with E-state index in [4.69, 9.17) is 0 Å². The lowest BCUT2D eigenvalue weighted by Gasteiger charge is -2.33. The first-order chi connectivity index (χ1) is 14.0. The van der Waals surface area contributed by atoms with Gasteiger partial charge < -0.3 is 15.3 Å². The molecule has 2 heterocycles. The van der Waals surface area contributed by atoms with E-state index in [0.717, 1.165) is 4.47 Å². The number of piperidine rings is 1. The number of anilines is 1. The van der Waals surface area contributed by atoms with Gasteiger partial charge in [0.15, 0.2) is 6.10 Å². The summed E-state index contributed by atoms with van der Waals surface area (Å²) in [6, 6.07) is 14.4. The zero-order chi connectivity index (χ0) is 20.5. The molecule has 0 aliphatic carbocycles. The molecule has 2 aromatic carbocycles. The van der Waals surface area contributed by atoms with Crippen molar-refractivity contribution >= 4 is 39.5 Å². The number of rotatable bonds is 4. The summed E-state index contributed by atoms with van der Waals surface area (Å²) in [6.07, 6.45) is -0.420. The number of urea groups is 1. The fourth-order valence-electron chi connectivity index (χ4n) is 3.83. The SMILES string of the molecule is O=C(NC1CCN2C(=O)N(c3ccc(Br)cc3)C(=O)C2C1)C(O)c1ccccc1. The highest BCUT2D eigenvalue weighted by atomic mass is 79.9. The fraction of sp³-hybridized carbons (Fsp3) is 0.286. The topological polar surface area (TPSA) is 90.0 Å². The molecule has 4 amide bonds. The van der Waals surface area contributed by atoms with Gasteiger partial charge in [0.1, 0.15) is 6.04 Å². The molecule has 2 N–H and O–H groups in total. The van der Waals surface area contributed by atoms with Crippen LogP contribution in [0, 0.1) is 0 Å². The maximum absolute atomic E-state index is 12.9. The Kier molecular flexibility index (Phi) is 5.38. The van der Waals surface area contributed by atoms with Crippen molar-refractivity contribution in [1.82, 2.24) is 10.2 Å². The number of halogens is 1. The summed E-state index contributed by atoms with van der Waals surface area (Å²) in [4.78, 5) is 40.8. The quantitative estimate of drug-likeness (QED) is 0.690. The van der Waals surface area contributed by atoms with Gasteiger partial charge in [-0.2, -0.15) is 0 Å². The fourth-order valence-corrected chi connectivity index (χ4v) is 4.09. The van der Waals surface area contributed by atoms with Crippen molar-refractivity contribution < 1.29 is 19.5 Å². The Hall–Kier alpha value is -2.71. The van der Waals surface area contributed by atoms with Crippen molar-refractivity contribution in [2.75, 3.05) is 11.4 Å². The molecule has 2 fully saturated rings. The molecule has 4 rings (SSSR count). The highest BCUT2D eigenvalue weighted by Crippen LogP contribution is 2.31. The van der Waals surface area contributed by atoms with Crippen molar-refractivity contribution in [2.45, 2.75) is 31.0 Å². The summed E-state index contributed by atoms with van der Waals surface area (Å²) in [5.74, 6) is -0.795. The van der Waals surface area contributed by atoms with Crippen molar-refractivity contribution in [3.8, 4) is 0 Å². The van der Waals surface area contributed by atoms with Crippen LogP contribution in [-0.4, -0.2) is 46.5 Å². The molecule has 2 aliphatic rings. The standard InChI is InChI=1S/C21H20BrN3O4/c22-14-6-8-16(9-7-14)25-20(28)17-12-15(10-11-24(17)21(25)29)23-19(27)18(26)13-4-2-1-3-5-13/h1-9,15,17-18,26H,10-12H2,(H,23,27). The van der Waals surface area contributed by atoms with E-state index < -0.39 is 18.1 Å². The average molecular weight is 458 g/mol. The summed E-state index contributed by atoms with van der Waals surface area (Å²) in [7, 11) is 0. The number of imide groups is 1. The number of aliphatic hydroxyl groups is 1. The molecule has 0 spiro atoms. The molecule has 2 saturated heterocycles. The monoisotopic (exact) mass is 457 g/mol. The molecule has 2 aliphatic heterocycles. The zero-order valence-electron chi connectivity index (χ0n) is 15.5. The molecule has 7 nitrogen and oxygen atoms in total. The molecule has 29 heavy (non-hydrogen) atoms. The second-order valence-corrected chi connectivity index (χ2v) is 8.10. The van der Waals surface area contributed by atoms with Gasteiger partial charge in [0.2, 0.25) is 0 Å². The summed E-state index contributed by atoms with van der Waals surface area (Å²) >= 11 is 3.35. The molecular formula is C21H20BrN3O4. The Morgan fingerprint density at radius 3 is 2.48 bits per heavy atom. The van der Waals surface area contributed by atoms with E-state index in [0.29, 0.717) is 30.6 Å². The molecule has 3 unspecified atom stereocenters. The van der Waals surface area contributed by atoms with Crippen LogP contribution < -0.4 is 10.2 Å². The van der Waals surface area contributed by atoms with Gasteiger partial charge in [0, 0.05) is 17.1 Å². The van der Waals surface area contributed by atoms with Gasteiger partial charge in [-0.15, -0.1) is 0 Å². The summed E-state index contributed by atoms with van der Waals surface area (Å²) in [5, 5.41) is 13.1. The van der Waals surface area contributed by atoms with Crippen LogP contribution in [0.2, 0.25) is 0 Å². The van der Waals surface area contributed by atoms with Crippen molar-refractivity contribution in [1.29, 1.82) is 0 Å². The first-order valence-electron chi connectivity index (χ1n) is 9.39. The number of aliphatic hydroxyl groups excluding tert-OH is 1. The Labute approximate surface area is 176 Å². The van der Waals surface area contributed by atoms with Gasteiger partial charge in [-0.25, -0.2) is 9.69 Å².